The molecule has 0 radical (unpaired) electrons. The number of fused-ring (bicyclic) bond motifs is 2. The molecule has 3 N–H and O–H groups in total. The Morgan fingerprint density at radius 2 is 1.92 bits per heavy atom. The fourth-order valence-corrected chi connectivity index (χ4v) is 4.92. The summed E-state index contributed by atoms with van der Waals surface area (Å²) in [6.07, 6.45) is -3.67. The molecule has 2 heterocycles. The van der Waals surface area contributed by atoms with E-state index in [1.807, 2.05) is 31.4 Å². The van der Waals surface area contributed by atoms with Gasteiger partial charge in [0, 0.05) is 23.6 Å². The number of carbonyl (C=O) groups excluding carboxylic acids is 1. The molecule has 1 aliphatic heterocycles. The van der Waals surface area contributed by atoms with E-state index in [2.05, 4.69) is 20.9 Å². The highest BCUT2D eigenvalue weighted by atomic mass is 19.3. The Morgan fingerprint density at radius 1 is 1.22 bits per heavy atom. The summed E-state index contributed by atoms with van der Waals surface area (Å²) in [6.45, 7) is 5.72. The molecule has 1 aliphatic carbocycles. The van der Waals surface area contributed by atoms with Gasteiger partial charge in [-0.05, 0) is 48.7 Å². The first-order valence-corrected chi connectivity index (χ1v) is 12.0. The molecule has 0 spiro atoms. The average molecular weight is 514 g/mol. The number of amides is 1. The minimum Gasteiger partial charge on any atom is -0.395 e. The normalized spacial score (nSPS) is 17.9. The van der Waals surface area contributed by atoms with Crippen LogP contribution in [0.15, 0.2) is 36.4 Å². The maximum Gasteiger partial charge on any atom is 0.586 e. The van der Waals surface area contributed by atoms with Crippen molar-refractivity contribution in [1.82, 2.24) is 4.57 Å². The van der Waals surface area contributed by atoms with Crippen molar-refractivity contribution in [1.29, 1.82) is 5.26 Å². The van der Waals surface area contributed by atoms with Crippen LogP contribution in [-0.4, -0.2) is 39.7 Å². The Morgan fingerprint density at radius 3 is 2.54 bits per heavy atom. The number of aliphatic hydroxyl groups is 2. The first kappa shape index (κ1) is 25.0. The van der Waals surface area contributed by atoms with Gasteiger partial charge in [-0.25, -0.2) is 0 Å². The average Bonchev–Trinajstić information content (AvgIpc) is 3.46. The summed E-state index contributed by atoms with van der Waals surface area (Å²) in [7, 11) is 0. The van der Waals surface area contributed by atoms with Crippen LogP contribution in [0.3, 0.4) is 0 Å². The summed E-state index contributed by atoms with van der Waals surface area (Å²) in [6, 6.07) is 11.8. The number of hydrogen-bond acceptors (Lipinski definition) is 6. The maximum absolute atomic E-state index is 13.4. The van der Waals surface area contributed by atoms with Crippen molar-refractivity contribution in [3.63, 3.8) is 0 Å². The van der Waals surface area contributed by atoms with Crippen LogP contribution in [0.4, 0.5) is 14.5 Å². The number of anilines is 1. The zero-order valence-corrected chi connectivity index (χ0v) is 20.6. The fourth-order valence-electron chi connectivity index (χ4n) is 4.92. The Balaban J connectivity index is 0.00000336. The number of nitrogens with one attached hydrogen (secondary N) is 1. The van der Waals surface area contributed by atoms with Gasteiger partial charge < -0.3 is 29.6 Å². The van der Waals surface area contributed by atoms with Crippen molar-refractivity contribution in [3.05, 3.63) is 53.2 Å². The third-order valence-corrected chi connectivity index (χ3v) is 6.88. The number of halogens is 2. The number of nitriles is 1. The molecular formula is C27H29F2N3O5. The number of rotatable bonds is 6. The number of ether oxygens (including phenoxy) is 2. The molecule has 2 aliphatic rings. The number of benzene rings is 2. The van der Waals surface area contributed by atoms with Gasteiger partial charge in [0.15, 0.2) is 11.5 Å². The number of aliphatic hydroxyl groups excluding tert-OH is 2. The van der Waals surface area contributed by atoms with Crippen LogP contribution >= 0.6 is 0 Å². The van der Waals surface area contributed by atoms with E-state index >= 15 is 0 Å². The maximum atomic E-state index is 13.4. The molecule has 196 valence electrons. The number of carbonyl (C=O) groups is 1. The van der Waals surface area contributed by atoms with Gasteiger partial charge in [-0.2, -0.15) is 5.26 Å². The molecule has 0 saturated heterocycles. The van der Waals surface area contributed by atoms with E-state index in [0.29, 0.717) is 40.6 Å². The van der Waals surface area contributed by atoms with E-state index in [1.165, 1.54) is 12.1 Å². The molecule has 0 bridgehead atoms. The Labute approximate surface area is 213 Å². The van der Waals surface area contributed by atoms with Crippen LogP contribution in [0, 0.1) is 11.3 Å². The highest BCUT2D eigenvalue weighted by molar-refractivity contribution is 6.03. The number of hydrogen-bond donors (Lipinski definition) is 3. The van der Waals surface area contributed by atoms with Crippen molar-refractivity contribution in [3.8, 4) is 17.6 Å². The van der Waals surface area contributed by atoms with Crippen LogP contribution < -0.4 is 14.8 Å². The van der Waals surface area contributed by atoms with Crippen molar-refractivity contribution < 1.29 is 34.7 Å². The monoisotopic (exact) mass is 513 g/mol. The van der Waals surface area contributed by atoms with Crippen LogP contribution in [-0.2, 0) is 22.2 Å². The van der Waals surface area contributed by atoms with Gasteiger partial charge in [0.25, 0.3) is 0 Å². The lowest BCUT2D eigenvalue weighted by atomic mass is 9.92. The van der Waals surface area contributed by atoms with Gasteiger partial charge in [-0.3, -0.25) is 4.79 Å². The fraction of sp³-hybridized carbons (Fsp3) is 0.407. The predicted molar refractivity (Wildman–Crippen MR) is 133 cm³/mol. The largest absolute Gasteiger partial charge is 0.586 e. The number of alkyl halides is 2. The topological polar surface area (TPSA) is 117 Å². The van der Waals surface area contributed by atoms with Gasteiger partial charge in [0.1, 0.15) is 6.07 Å². The zero-order chi connectivity index (χ0) is 26.8. The molecule has 0 unspecified atom stereocenters. The summed E-state index contributed by atoms with van der Waals surface area (Å²) in [4.78, 5) is 13.4. The molecule has 3 aromatic rings. The van der Waals surface area contributed by atoms with Crippen LogP contribution in [0.25, 0.3) is 10.9 Å². The van der Waals surface area contributed by atoms with E-state index in [9.17, 15) is 29.1 Å². The molecule has 1 aromatic heterocycles. The summed E-state index contributed by atoms with van der Waals surface area (Å²) >= 11 is 0. The molecule has 8 nitrogen and oxygen atoms in total. The lowest BCUT2D eigenvalue weighted by Gasteiger charge is -2.23. The first-order valence-electron chi connectivity index (χ1n) is 12.0. The van der Waals surface area contributed by atoms with E-state index < -0.39 is 24.4 Å². The second-order valence-corrected chi connectivity index (χ2v) is 10.7. The summed E-state index contributed by atoms with van der Waals surface area (Å²) in [5, 5.41) is 33.1. The van der Waals surface area contributed by atoms with Gasteiger partial charge in [0.05, 0.1) is 35.8 Å². The molecule has 2 aromatic carbocycles. The number of nitrogens with zero attached hydrogens (tertiary/aromatic N) is 2. The summed E-state index contributed by atoms with van der Waals surface area (Å²) in [5.41, 5.74) is 1.54. The second kappa shape index (κ2) is 8.43. The van der Waals surface area contributed by atoms with Crippen LogP contribution in [0.1, 0.15) is 51.9 Å². The lowest BCUT2D eigenvalue weighted by Crippen LogP contribution is -2.28. The third-order valence-electron chi connectivity index (χ3n) is 6.88. The molecule has 10 heteroatoms. The highest BCUT2D eigenvalue weighted by Crippen LogP contribution is 2.52. The summed E-state index contributed by atoms with van der Waals surface area (Å²) < 4.78 is 37.7. The molecule has 1 amide bonds. The van der Waals surface area contributed by atoms with Gasteiger partial charge in [-0.15, -0.1) is 8.78 Å². The lowest BCUT2D eigenvalue weighted by molar-refractivity contribution is -0.286. The van der Waals surface area contributed by atoms with Crippen molar-refractivity contribution in [2.75, 3.05) is 11.9 Å². The second-order valence-electron chi connectivity index (χ2n) is 10.7. The predicted octanol–water partition coefficient (Wildman–Crippen LogP) is 4.40. The quantitative estimate of drug-likeness (QED) is 0.450. The minimum atomic E-state index is -3.74. The summed E-state index contributed by atoms with van der Waals surface area (Å²) in [5.74, 6) is -0.511. The van der Waals surface area contributed by atoms with E-state index in [0.717, 1.165) is 5.69 Å². The molecule has 1 atom stereocenters. The van der Waals surface area contributed by atoms with Crippen molar-refractivity contribution in [2.24, 2.45) is 0 Å². The number of aromatic nitrogens is 1. The minimum absolute atomic E-state index is 0. The van der Waals surface area contributed by atoms with Crippen LogP contribution in [0.5, 0.6) is 11.5 Å². The Kier molecular flexibility index (Phi) is 5.69. The van der Waals surface area contributed by atoms with E-state index in [1.54, 1.807) is 18.2 Å². The molecule has 1 saturated carbocycles. The highest BCUT2D eigenvalue weighted by Gasteiger charge is 2.52. The SMILES string of the molecule is CC(C)(C)c1cc2cc(NC(=O)C3(c4ccc5c(c4)OC(F)(F)O5)CC3)cc(C#N)c2n1C[C@@H](O)CO.[HH]. The van der Waals surface area contributed by atoms with Gasteiger partial charge >= 0.3 is 6.29 Å². The molecular weight excluding hydrogens is 484 g/mol. The zero-order valence-electron chi connectivity index (χ0n) is 20.6. The smallest absolute Gasteiger partial charge is 0.395 e. The third kappa shape index (κ3) is 4.38. The molecule has 37 heavy (non-hydrogen) atoms. The first-order chi connectivity index (χ1) is 17.4. The molecule has 5 rings (SSSR count). The Hall–Kier alpha value is -3.68. The van der Waals surface area contributed by atoms with Crippen LogP contribution in [0.2, 0.25) is 0 Å². The Bertz CT molecular complexity index is 1450. The molecule has 1 fully saturated rings. The van der Waals surface area contributed by atoms with Crippen molar-refractivity contribution in [2.45, 2.75) is 63.4 Å². The van der Waals surface area contributed by atoms with Crippen molar-refractivity contribution >= 4 is 22.5 Å². The van der Waals surface area contributed by atoms with Gasteiger partial charge in [0.2, 0.25) is 5.91 Å². The van der Waals surface area contributed by atoms with Gasteiger partial charge in [-0.1, -0.05) is 26.8 Å². The standard InChI is InChI=1S/C27H27F2N3O5.H2/c1-25(2,3)22-10-15-8-18(9-16(12-30)23(15)32(22)13-19(34)14-33)31-24(35)26(6-7-26)17-4-5-20-21(11-17)37-27(28,29)36-20;/h4-5,8-11,19,33-34H,6-7,13-14H2,1-3H3,(H,31,35);1H/t19-;/m1./s1. The van der Waals surface area contributed by atoms with E-state index in [-0.39, 0.29) is 30.8 Å². The van der Waals surface area contributed by atoms with E-state index in [4.69, 9.17) is 0 Å².